The maximum absolute atomic E-state index is 11.5. The van der Waals surface area contributed by atoms with E-state index in [9.17, 15) is 24.5 Å². The number of benzene rings is 1. The maximum atomic E-state index is 11.5. The number of carboxylic acids is 1. The van der Waals surface area contributed by atoms with Crippen molar-refractivity contribution in [2.75, 3.05) is 6.61 Å². The van der Waals surface area contributed by atoms with Crippen molar-refractivity contribution in [3.8, 4) is 11.5 Å². The van der Waals surface area contributed by atoms with Crippen molar-refractivity contribution in [1.82, 2.24) is 0 Å². The molecule has 0 aliphatic rings. The first-order valence-corrected chi connectivity index (χ1v) is 6.33. The number of carboxylic acid groups (broad SMARTS) is 1. The Hall–Kier alpha value is -3.17. The van der Waals surface area contributed by atoms with Crippen LogP contribution in [0.1, 0.15) is 30.1 Å². The van der Waals surface area contributed by atoms with E-state index in [-0.39, 0.29) is 36.5 Å². The lowest BCUT2D eigenvalue weighted by molar-refractivity contribution is -0.757. The van der Waals surface area contributed by atoms with Crippen molar-refractivity contribution in [3.05, 3.63) is 33.9 Å². The number of hydrogen-bond donors (Lipinski definition) is 1. The molecule has 0 radical (unpaired) electrons. The topological polar surface area (TPSA) is 142 Å². The van der Waals surface area contributed by atoms with E-state index in [1.807, 2.05) is 0 Å². The molecule has 0 atom stereocenters. The Balaban J connectivity index is 2.68. The Labute approximate surface area is 129 Å². The van der Waals surface area contributed by atoms with Gasteiger partial charge in [-0.05, 0) is 24.6 Å². The average molecular weight is 327 g/mol. The number of carbonyl (C=O) groups excluding carboxylic acids is 2. The van der Waals surface area contributed by atoms with Crippen LogP contribution in [0.15, 0.2) is 18.2 Å². The van der Waals surface area contributed by atoms with Gasteiger partial charge in [0.2, 0.25) is 0 Å². The van der Waals surface area contributed by atoms with E-state index in [1.54, 1.807) is 0 Å². The van der Waals surface area contributed by atoms with E-state index >= 15 is 0 Å². The quantitative estimate of drug-likeness (QED) is 0.245. The summed E-state index contributed by atoms with van der Waals surface area (Å²) in [6.45, 7) is 0.862. The summed E-state index contributed by atoms with van der Waals surface area (Å²) in [6.07, 6.45) is -0.0843. The first kappa shape index (κ1) is 17.9. The highest BCUT2D eigenvalue weighted by molar-refractivity contribution is 5.92. The monoisotopic (exact) mass is 327 g/mol. The molecule has 0 amide bonds. The molecule has 0 unspecified atom stereocenters. The zero-order valence-electron chi connectivity index (χ0n) is 12.0. The Bertz CT molecular complexity index is 626. The molecule has 10 heteroatoms. The van der Waals surface area contributed by atoms with Crippen LogP contribution in [-0.4, -0.2) is 34.7 Å². The molecular formula is C13H13NO9. The molecule has 10 nitrogen and oxygen atoms in total. The largest absolute Gasteiger partial charge is 0.478 e. The first-order chi connectivity index (χ1) is 10.8. The maximum Gasteiger partial charge on any atom is 0.339 e. The molecule has 1 aromatic rings. The molecule has 0 saturated heterocycles. The van der Waals surface area contributed by atoms with Crippen LogP contribution >= 0.6 is 0 Å². The summed E-state index contributed by atoms with van der Waals surface area (Å²) >= 11 is 0. The van der Waals surface area contributed by atoms with Crippen LogP contribution in [-0.2, 0) is 14.4 Å². The van der Waals surface area contributed by atoms with Gasteiger partial charge in [-0.25, -0.2) is 4.79 Å². The van der Waals surface area contributed by atoms with Crippen molar-refractivity contribution >= 4 is 17.9 Å². The fourth-order valence-electron chi connectivity index (χ4n) is 1.52. The summed E-state index contributed by atoms with van der Waals surface area (Å²) in [5.74, 6) is -3.00. The summed E-state index contributed by atoms with van der Waals surface area (Å²) < 4.78 is 9.63. The molecule has 0 spiro atoms. The van der Waals surface area contributed by atoms with Crippen LogP contribution < -0.4 is 9.47 Å². The lowest BCUT2D eigenvalue weighted by Gasteiger charge is -2.09. The standard InChI is InChI=1S/C13H13NO9/c1-8(15)22-11-5-4-9(7-10(11)13(17)18)23-12(16)3-2-6-21-14(19)20/h4-5,7H,2-3,6H2,1H3,(H,17,18). The normalized spacial score (nSPS) is 9.78. The van der Waals surface area contributed by atoms with Gasteiger partial charge in [-0.2, -0.15) is 0 Å². The molecule has 0 heterocycles. The van der Waals surface area contributed by atoms with Crippen LogP contribution in [0.25, 0.3) is 0 Å². The summed E-state index contributed by atoms with van der Waals surface area (Å²) in [6, 6.07) is 3.48. The van der Waals surface area contributed by atoms with E-state index < -0.39 is 23.0 Å². The molecule has 1 rings (SSSR count). The summed E-state index contributed by atoms with van der Waals surface area (Å²) in [5.41, 5.74) is -0.345. The van der Waals surface area contributed by atoms with E-state index in [0.717, 1.165) is 13.0 Å². The van der Waals surface area contributed by atoms with Gasteiger partial charge in [-0.1, -0.05) is 0 Å². The van der Waals surface area contributed by atoms with Gasteiger partial charge in [0.1, 0.15) is 17.1 Å². The Morgan fingerprint density at radius 2 is 1.96 bits per heavy atom. The van der Waals surface area contributed by atoms with Crippen LogP contribution in [0.4, 0.5) is 0 Å². The first-order valence-electron chi connectivity index (χ1n) is 6.33. The van der Waals surface area contributed by atoms with Gasteiger partial charge in [-0.3, -0.25) is 9.59 Å². The number of rotatable bonds is 8. The van der Waals surface area contributed by atoms with Crippen molar-refractivity contribution in [2.24, 2.45) is 0 Å². The average Bonchev–Trinajstić information content (AvgIpc) is 2.44. The molecule has 0 aromatic heterocycles. The third kappa shape index (κ3) is 6.42. The lowest BCUT2D eigenvalue weighted by Crippen LogP contribution is -2.12. The van der Waals surface area contributed by atoms with Crippen LogP contribution in [0.3, 0.4) is 0 Å². The Morgan fingerprint density at radius 3 is 2.52 bits per heavy atom. The SMILES string of the molecule is CC(=O)Oc1ccc(OC(=O)CCCO[N+](=O)[O-])cc1C(=O)O. The van der Waals surface area contributed by atoms with Gasteiger partial charge in [0.25, 0.3) is 5.09 Å². The smallest absolute Gasteiger partial charge is 0.339 e. The molecule has 0 aliphatic heterocycles. The van der Waals surface area contributed by atoms with Gasteiger partial charge < -0.3 is 19.4 Å². The minimum absolute atomic E-state index is 0.0569. The predicted octanol–water partition coefficient (Wildman–Crippen LogP) is 1.20. The van der Waals surface area contributed by atoms with E-state index in [4.69, 9.17) is 14.6 Å². The predicted molar refractivity (Wildman–Crippen MR) is 72.5 cm³/mol. The van der Waals surface area contributed by atoms with Gasteiger partial charge in [-0.15, -0.1) is 10.1 Å². The van der Waals surface area contributed by atoms with Crippen molar-refractivity contribution in [1.29, 1.82) is 0 Å². The third-order valence-electron chi connectivity index (χ3n) is 2.39. The fraction of sp³-hybridized carbons (Fsp3) is 0.308. The fourth-order valence-corrected chi connectivity index (χ4v) is 1.52. The highest BCUT2D eigenvalue weighted by Gasteiger charge is 2.16. The van der Waals surface area contributed by atoms with Crippen molar-refractivity contribution in [2.45, 2.75) is 19.8 Å². The molecule has 124 valence electrons. The summed E-state index contributed by atoms with van der Waals surface area (Å²) in [5, 5.41) is 18.0. The molecule has 0 saturated carbocycles. The number of ether oxygens (including phenoxy) is 2. The van der Waals surface area contributed by atoms with Crippen molar-refractivity contribution < 1.29 is 38.9 Å². The highest BCUT2D eigenvalue weighted by Crippen LogP contribution is 2.25. The number of nitrogens with zero attached hydrogens (tertiary/aromatic N) is 1. The van der Waals surface area contributed by atoms with E-state index in [0.29, 0.717) is 0 Å². The number of hydrogen-bond acceptors (Lipinski definition) is 8. The molecule has 1 aromatic carbocycles. The number of esters is 2. The van der Waals surface area contributed by atoms with E-state index in [1.165, 1.54) is 12.1 Å². The second-order valence-corrected chi connectivity index (χ2v) is 4.19. The molecule has 0 fully saturated rings. The second-order valence-electron chi connectivity index (χ2n) is 4.19. The van der Waals surface area contributed by atoms with Gasteiger partial charge in [0.15, 0.2) is 0 Å². The molecule has 0 aliphatic carbocycles. The van der Waals surface area contributed by atoms with E-state index in [2.05, 4.69) is 4.84 Å². The van der Waals surface area contributed by atoms with Crippen LogP contribution in [0, 0.1) is 10.1 Å². The Morgan fingerprint density at radius 1 is 1.26 bits per heavy atom. The Kier molecular flexibility index (Phi) is 6.46. The minimum Gasteiger partial charge on any atom is -0.478 e. The number of aromatic carboxylic acids is 1. The van der Waals surface area contributed by atoms with Crippen LogP contribution in [0.2, 0.25) is 0 Å². The van der Waals surface area contributed by atoms with Crippen LogP contribution in [0.5, 0.6) is 11.5 Å². The molecule has 1 N–H and O–H groups in total. The lowest BCUT2D eigenvalue weighted by atomic mass is 10.2. The minimum atomic E-state index is -1.36. The summed E-state index contributed by atoms with van der Waals surface area (Å²) in [4.78, 5) is 47.5. The van der Waals surface area contributed by atoms with Gasteiger partial charge in [0, 0.05) is 13.3 Å². The van der Waals surface area contributed by atoms with Crippen molar-refractivity contribution in [3.63, 3.8) is 0 Å². The zero-order valence-corrected chi connectivity index (χ0v) is 12.0. The zero-order chi connectivity index (χ0) is 17.4. The second kappa shape index (κ2) is 8.32. The summed E-state index contributed by atoms with van der Waals surface area (Å²) in [7, 11) is 0. The molecular weight excluding hydrogens is 314 g/mol. The highest BCUT2D eigenvalue weighted by atomic mass is 16.9. The molecule has 23 heavy (non-hydrogen) atoms. The van der Waals surface area contributed by atoms with Gasteiger partial charge in [0.05, 0.1) is 6.61 Å². The number of carbonyl (C=O) groups is 3. The molecule has 0 bridgehead atoms. The van der Waals surface area contributed by atoms with Gasteiger partial charge >= 0.3 is 17.9 Å². The third-order valence-corrected chi connectivity index (χ3v) is 2.39.